The van der Waals surface area contributed by atoms with Gasteiger partial charge in [0.15, 0.2) is 0 Å². The third-order valence-corrected chi connectivity index (χ3v) is 1.37. The van der Waals surface area contributed by atoms with Gasteiger partial charge in [-0.3, -0.25) is 4.79 Å². The van der Waals surface area contributed by atoms with Crippen molar-refractivity contribution in [1.82, 2.24) is 0 Å². The predicted molar refractivity (Wildman–Crippen MR) is 41.7 cm³/mol. The van der Waals surface area contributed by atoms with Crippen molar-refractivity contribution in [2.75, 3.05) is 0 Å². The maximum Gasteiger partial charge on any atom is 0.248 e. The van der Waals surface area contributed by atoms with E-state index in [0.29, 0.717) is 12.1 Å². The van der Waals surface area contributed by atoms with Crippen LogP contribution in [0, 0.1) is 6.07 Å². The van der Waals surface area contributed by atoms with Crippen LogP contribution in [-0.2, 0) is 6.54 Å². The van der Waals surface area contributed by atoms with Crippen LogP contribution in [0.5, 0.6) is 0 Å². The molecule has 1 rings (SSSR count). The lowest BCUT2D eigenvalue weighted by Gasteiger charge is -1.97. The van der Waals surface area contributed by atoms with E-state index in [-0.39, 0.29) is 0 Å². The first-order valence-electron chi connectivity index (χ1n) is 3.24. The molecule has 3 nitrogen and oxygen atoms in total. The van der Waals surface area contributed by atoms with Crippen molar-refractivity contribution in [1.29, 1.82) is 0 Å². The SMILES string of the molecule is NCc1c[c]cc(C(N)=O)c1. The van der Waals surface area contributed by atoms with Crippen molar-refractivity contribution in [3.8, 4) is 0 Å². The number of nitrogens with two attached hydrogens (primary N) is 2. The second-order valence-corrected chi connectivity index (χ2v) is 2.20. The van der Waals surface area contributed by atoms with Gasteiger partial charge in [-0.2, -0.15) is 0 Å². The largest absolute Gasteiger partial charge is 0.366 e. The molecule has 11 heavy (non-hydrogen) atoms. The normalized spacial score (nSPS) is 9.55. The molecule has 0 saturated carbocycles. The Hall–Kier alpha value is -1.35. The summed E-state index contributed by atoms with van der Waals surface area (Å²) in [4.78, 5) is 10.6. The van der Waals surface area contributed by atoms with E-state index in [0.717, 1.165) is 5.56 Å². The molecule has 0 heterocycles. The molecule has 0 spiro atoms. The molecule has 0 bridgehead atoms. The quantitative estimate of drug-likeness (QED) is 0.623. The molecule has 0 saturated heterocycles. The number of carbonyl (C=O) groups is 1. The van der Waals surface area contributed by atoms with E-state index in [2.05, 4.69) is 6.07 Å². The maximum atomic E-state index is 10.6. The number of primary amides is 1. The molecule has 0 aliphatic rings. The van der Waals surface area contributed by atoms with Gasteiger partial charge in [0.05, 0.1) is 0 Å². The third-order valence-electron chi connectivity index (χ3n) is 1.37. The summed E-state index contributed by atoms with van der Waals surface area (Å²) >= 11 is 0. The summed E-state index contributed by atoms with van der Waals surface area (Å²) in [6.45, 7) is 0.400. The average molecular weight is 149 g/mol. The van der Waals surface area contributed by atoms with Gasteiger partial charge in [-0.25, -0.2) is 0 Å². The lowest BCUT2D eigenvalue weighted by molar-refractivity contribution is 0.1000. The van der Waals surface area contributed by atoms with Gasteiger partial charge in [0.1, 0.15) is 0 Å². The molecular formula is C8H9N2O. The first-order chi connectivity index (χ1) is 5.24. The zero-order valence-electron chi connectivity index (χ0n) is 6.00. The van der Waals surface area contributed by atoms with Crippen LogP contribution in [0.15, 0.2) is 18.2 Å². The number of benzene rings is 1. The number of hydrogen-bond acceptors (Lipinski definition) is 2. The Balaban J connectivity index is 3.01. The van der Waals surface area contributed by atoms with Crippen molar-refractivity contribution in [3.05, 3.63) is 35.4 Å². The molecule has 1 amide bonds. The van der Waals surface area contributed by atoms with Crippen LogP contribution in [0.2, 0.25) is 0 Å². The minimum atomic E-state index is -0.448. The van der Waals surface area contributed by atoms with E-state index in [1.54, 1.807) is 18.2 Å². The third kappa shape index (κ3) is 1.78. The van der Waals surface area contributed by atoms with E-state index < -0.39 is 5.91 Å². The highest BCUT2D eigenvalue weighted by Crippen LogP contribution is 2.02. The number of carbonyl (C=O) groups excluding carboxylic acids is 1. The van der Waals surface area contributed by atoms with Crippen LogP contribution >= 0.6 is 0 Å². The number of amides is 1. The lowest BCUT2D eigenvalue weighted by atomic mass is 10.1. The molecule has 1 aromatic carbocycles. The molecule has 0 unspecified atom stereocenters. The molecule has 0 atom stereocenters. The molecule has 0 fully saturated rings. The van der Waals surface area contributed by atoms with Gasteiger partial charge in [-0.05, 0) is 29.8 Å². The van der Waals surface area contributed by atoms with Crippen molar-refractivity contribution < 1.29 is 4.79 Å². The fourth-order valence-corrected chi connectivity index (χ4v) is 0.782. The summed E-state index contributed by atoms with van der Waals surface area (Å²) in [5, 5.41) is 0. The maximum absolute atomic E-state index is 10.6. The Morgan fingerprint density at radius 1 is 1.55 bits per heavy atom. The predicted octanol–water partition coefficient (Wildman–Crippen LogP) is 0.0444. The molecule has 1 aromatic rings. The molecule has 0 aliphatic carbocycles. The smallest absolute Gasteiger partial charge is 0.248 e. The van der Waals surface area contributed by atoms with Gasteiger partial charge in [-0.1, -0.05) is 0 Å². The summed E-state index contributed by atoms with van der Waals surface area (Å²) in [5.74, 6) is -0.448. The molecular weight excluding hydrogens is 140 g/mol. The second kappa shape index (κ2) is 3.16. The van der Waals surface area contributed by atoms with Gasteiger partial charge in [0.2, 0.25) is 5.91 Å². The van der Waals surface area contributed by atoms with Crippen molar-refractivity contribution in [2.45, 2.75) is 6.54 Å². The van der Waals surface area contributed by atoms with Crippen LogP contribution in [-0.4, -0.2) is 5.91 Å². The highest BCUT2D eigenvalue weighted by Gasteiger charge is 1.98. The average Bonchev–Trinajstić information content (AvgIpc) is 2.05. The Bertz CT molecular complexity index is 271. The van der Waals surface area contributed by atoms with E-state index in [1.165, 1.54) is 0 Å². The fraction of sp³-hybridized carbons (Fsp3) is 0.125. The first kappa shape index (κ1) is 7.75. The van der Waals surface area contributed by atoms with E-state index in [9.17, 15) is 4.79 Å². The summed E-state index contributed by atoms with van der Waals surface area (Å²) in [5.41, 5.74) is 11.7. The Kier molecular flexibility index (Phi) is 2.23. The van der Waals surface area contributed by atoms with Gasteiger partial charge < -0.3 is 11.5 Å². The van der Waals surface area contributed by atoms with Gasteiger partial charge >= 0.3 is 0 Å². The minimum Gasteiger partial charge on any atom is -0.366 e. The standard InChI is InChI=1S/C8H9N2O/c9-5-6-2-1-3-7(4-6)8(10)11/h2-4H,5,9H2,(H2,10,11). The van der Waals surface area contributed by atoms with Crippen molar-refractivity contribution in [2.24, 2.45) is 11.5 Å². The zero-order valence-corrected chi connectivity index (χ0v) is 6.00. The van der Waals surface area contributed by atoms with Crippen LogP contribution in [0.4, 0.5) is 0 Å². The molecule has 3 heteroatoms. The van der Waals surface area contributed by atoms with Crippen LogP contribution in [0.3, 0.4) is 0 Å². The highest BCUT2D eigenvalue weighted by atomic mass is 16.1. The first-order valence-corrected chi connectivity index (χ1v) is 3.24. The molecule has 0 aliphatic heterocycles. The van der Waals surface area contributed by atoms with Crippen LogP contribution < -0.4 is 11.5 Å². The lowest BCUT2D eigenvalue weighted by Crippen LogP contribution is -2.11. The topological polar surface area (TPSA) is 69.1 Å². The van der Waals surface area contributed by atoms with Crippen molar-refractivity contribution >= 4 is 5.91 Å². The van der Waals surface area contributed by atoms with E-state index in [4.69, 9.17) is 11.5 Å². The Morgan fingerprint density at radius 3 is 2.82 bits per heavy atom. The number of hydrogen-bond donors (Lipinski definition) is 2. The minimum absolute atomic E-state index is 0.400. The molecule has 0 aromatic heterocycles. The Labute approximate surface area is 65.0 Å². The summed E-state index contributed by atoms with van der Waals surface area (Å²) in [6, 6.07) is 7.72. The summed E-state index contributed by atoms with van der Waals surface area (Å²) in [6.07, 6.45) is 0. The molecule has 1 radical (unpaired) electrons. The zero-order chi connectivity index (χ0) is 8.27. The summed E-state index contributed by atoms with van der Waals surface area (Å²) < 4.78 is 0. The van der Waals surface area contributed by atoms with Gasteiger partial charge in [0.25, 0.3) is 0 Å². The molecule has 57 valence electrons. The van der Waals surface area contributed by atoms with Crippen LogP contribution in [0.1, 0.15) is 15.9 Å². The highest BCUT2D eigenvalue weighted by molar-refractivity contribution is 5.92. The van der Waals surface area contributed by atoms with Gasteiger partial charge in [0, 0.05) is 12.1 Å². The Morgan fingerprint density at radius 2 is 2.27 bits per heavy atom. The number of rotatable bonds is 2. The monoisotopic (exact) mass is 149 g/mol. The fourth-order valence-electron chi connectivity index (χ4n) is 0.782. The second-order valence-electron chi connectivity index (χ2n) is 2.20. The van der Waals surface area contributed by atoms with Crippen molar-refractivity contribution in [3.63, 3.8) is 0 Å². The van der Waals surface area contributed by atoms with Gasteiger partial charge in [-0.15, -0.1) is 0 Å². The molecule has 4 N–H and O–H groups in total. The van der Waals surface area contributed by atoms with E-state index in [1.807, 2.05) is 0 Å². The van der Waals surface area contributed by atoms with Crippen LogP contribution in [0.25, 0.3) is 0 Å². The van der Waals surface area contributed by atoms with E-state index >= 15 is 0 Å². The summed E-state index contributed by atoms with van der Waals surface area (Å²) in [7, 11) is 0.